The summed E-state index contributed by atoms with van der Waals surface area (Å²) < 4.78 is 37.5. The molecule has 2 aliphatic heterocycles. The SMILES string of the molecule is O=C(c1ccsc1)N1CCC2CN(C(=O)C(F)(F)F)CC2C1. The van der Waals surface area contributed by atoms with E-state index in [-0.39, 0.29) is 30.8 Å². The van der Waals surface area contributed by atoms with Crippen LogP contribution in [0.15, 0.2) is 16.8 Å². The highest BCUT2D eigenvalue weighted by Gasteiger charge is 2.48. The lowest BCUT2D eigenvalue weighted by Crippen LogP contribution is -2.43. The van der Waals surface area contributed by atoms with Gasteiger partial charge in [-0.05, 0) is 29.7 Å². The standard InChI is InChI=1S/C14H15F3N2O2S/c15-14(16,17)13(21)19-5-9-1-3-18(6-11(9)7-19)12(20)10-2-4-22-8-10/h2,4,8-9,11H,1,3,5-7H2. The number of amides is 2. The maximum atomic E-state index is 12.5. The van der Waals surface area contributed by atoms with Crippen molar-refractivity contribution in [2.75, 3.05) is 26.2 Å². The van der Waals surface area contributed by atoms with Crippen LogP contribution in [-0.4, -0.2) is 54.0 Å². The molecule has 2 atom stereocenters. The van der Waals surface area contributed by atoms with Gasteiger partial charge in [0.2, 0.25) is 0 Å². The zero-order valence-electron chi connectivity index (χ0n) is 11.7. The van der Waals surface area contributed by atoms with E-state index in [2.05, 4.69) is 0 Å². The first-order chi connectivity index (χ1) is 10.4. The minimum absolute atomic E-state index is 0.0535. The number of thiophene rings is 1. The van der Waals surface area contributed by atoms with Gasteiger partial charge in [0.15, 0.2) is 0 Å². The zero-order valence-corrected chi connectivity index (χ0v) is 12.5. The molecule has 2 unspecified atom stereocenters. The van der Waals surface area contributed by atoms with E-state index < -0.39 is 12.1 Å². The summed E-state index contributed by atoms with van der Waals surface area (Å²) in [5.41, 5.74) is 0.615. The molecule has 8 heteroatoms. The Morgan fingerprint density at radius 3 is 2.45 bits per heavy atom. The first kappa shape index (κ1) is 15.3. The number of carbonyl (C=O) groups excluding carboxylic acids is 2. The molecule has 1 aromatic heterocycles. The van der Waals surface area contributed by atoms with Gasteiger partial charge in [-0.15, -0.1) is 0 Å². The normalized spacial score (nSPS) is 25.2. The maximum Gasteiger partial charge on any atom is 0.471 e. The summed E-state index contributed by atoms with van der Waals surface area (Å²) >= 11 is 1.43. The molecule has 0 aliphatic carbocycles. The Hall–Kier alpha value is -1.57. The second-order valence-corrected chi connectivity index (χ2v) is 6.56. The van der Waals surface area contributed by atoms with Gasteiger partial charge in [0.1, 0.15) is 0 Å². The van der Waals surface area contributed by atoms with E-state index in [0.717, 1.165) is 4.90 Å². The minimum Gasteiger partial charge on any atom is -0.338 e. The average Bonchev–Trinajstić information content (AvgIpc) is 3.12. The Kier molecular flexibility index (Phi) is 3.88. The molecule has 2 amide bonds. The van der Waals surface area contributed by atoms with Gasteiger partial charge in [0.25, 0.3) is 5.91 Å². The van der Waals surface area contributed by atoms with Gasteiger partial charge in [-0.3, -0.25) is 9.59 Å². The van der Waals surface area contributed by atoms with Crippen molar-refractivity contribution < 1.29 is 22.8 Å². The molecule has 3 heterocycles. The number of carbonyl (C=O) groups is 2. The molecular formula is C14H15F3N2O2S. The second kappa shape index (κ2) is 5.57. The van der Waals surface area contributed by atoms with Gasteiger partial charge in [0.05, 0.1) is 5.56 Å². The summed E-state index contributed by atoms with van der Waals surface area (Å²) in [6, 6.07) is 1.74. The van der Waals surface area contributed by atoms with Crippen molar-refractivity contribution in [1.29, 1.82) is 0 Å². The summed E-state index contributed by atoms with van der Waals surface area (Å²) in [7, 11) is 0. The van der Waals surface area contributed by atoms with Crippen LogP contribution in [0.4, 0.5) is 13.2 Å². The van der Waals surface area contributed by atoms with Crippen molar-refractivity contribution in [1.82, 2.24) is 9.80 Å². The van der Waals surface area contributed by atoms with Gasteiger partial charge in [-0.1, -0.05) is 0 Å². The van der Waals surface area contributed by atoms with E-state index >= 15 is 0 Å². The number of halogens is 3. The van der Waals surface area contributed by atoms with Gasteiger partial charge in [-0.2, -0.15) is 24.5 Å². The molecule has 0 spiro atoms. The molecule has 2 fully saturated rings. The third-order valence-electron chi connectivity index (χ3n) is 4.39. The molecule has 2 saturated heterocycles. The second-order valence-electron chi connectivity index (χ2n) is 5.78. The minimum atomic E-state index is -4.82. The molecular weight excluding hydrogens is 317 g/mol. The quantitative estimate of drug-likeness (QED) is 0.791. The molecule has 0 saturated carbocycles. The third-order valence-corrected chi connectivity index (χ3v) is 5.07. The van der Waals surface area contributed by atoms with Crippen molar-refractivity contribution in [3.8, 4) is 0 Å². The first-order valence-electron chi connectivity index (χ1n) is 7.04. The molecule has 22 heavy (non-hydrogen) atoms. The van der Waals surface area contributed by atoms with Crippen molar-refractivity contribution in [2.45, 2.75) is 12.6 Å². The molecule has 120 valence electrons. The molecule has 0 aromatic carbocycles. The smallest absolute Gasteiger partial charge is 0.338 e. The predicted octanol–water partition coefficient (Wildman–Crippen LogP) is 2.23. The Morgan fingerprint density at radius 2 is 1.82 bits per heavy atom. The molecule has 1 aromatic rings. The lowest BCUT2D eigenvalue weighted by atomic mass is 9.88. The largest absolute Gasteiger partial charge is 0.471 e. The monoisotopic (exact) mass is 332 g/mol. The highest BCUT2D eigenvalue weighted by Crippen LogP contribution is 2.34. The van der Waals surface area contributed by atoms with Crippen LogP contribution in [0.3, 0.4) is 0 Å². The Morgan fingerprint density at radius 1 is 1.14 bits per heavy atom. The van der Waals surface area contributed by atoms with Crippen molar-refractivity contribution >= 4 is 23.2 Å². The lowest BCUT2D eigenvalue weighted by Gasteiger charge is -2.34. The van der Waals surface area contributed by atoms with Gasteiger partial charge in [-0.25, -0.2) is 0 Å². The fourth-order valence-electron chi connectivity index (χ4n) is 3.27. The maximum absolute atomic E-state index is 12.5. The number of piperidine rings is 1. The Bertz CT molecular complexity index is 573. The Labute approximate surface area is 129 Å². The number of hydrogen-bond acceptors (Lipinski definition) is 3. The summed E-state index contributed by atoms with van der Waals surface area (Å²) in [5.74, 6) is -1.86. The third kappa shape index (κ3) is 2.84. The van der Waals surface area contributed by atoms with Crippen LogP contribution in [-0.2, 0) is 4.79 Å². The summed E-state index contributed by atoms with van der Waals surface area (Å²) in [6.45, 7) is 1.17. The molecule has 0 bridgehead atoms. The highest BCUT2D eigenvalue weighted by molar-refractivity contribution is 7.08. The topological polar surface area (TPSA) is 40.6 Å². The lowest BCUT2D eigenvalue weighted by molar-refractivity contribution is -0.184. The van der Waals surface area contributed by atoms with Crippen LogP contribution >= 0.6 is 11.3 Å². The van der Waals surface area contributed by atoms with E-state index in [1.54, 1.807) is 16.3 Å². The van der Waals surface area contributed by atoms with E-state index in [9.17, 15) is 22.8 Å². The molecule has 4 nitrogen and oxygen atoms in total. The number of alkyl halides is 3. The van der Waals surface area contributed by atoms with Crippen molar-refractivity contribution in [3.05, 3.63) is 22.4 Å². The summed E-state index contributed by atoms with van der Waals surface area (Å²) in [4.78, 5) is 26.2. The van der Waals surface area contributed by atoms with E-state index in [4.69, 9.17) is 0 Å². The fourth-order valence-corrected chi connectivity index (χ4v) is 3.90. The van der Waals surface area contributed by atoms with Crippen LogP contribution in [0.1, 0.15) is 16.8 Å². The van der Waals surface area contributed by atoms with Gasteiger partial charge in [0, 0.05) is 31.6 Å². The van der Waals surface area contributed by atoms with Crippen LogP contribution in [0.2, 0.25) is 0 Å². The van der Waals surface area contributed by atoms with Crippen LogP contribution in [0.25, 0.3) is 0 Å². The first-order valence-corrected chi connectivity index (χ1v) is 7.98. The number of hydrogen-bond donors (Lipinski definition) is 0. The van der Waals surface area contributed by atoms with Crippen LogP contribution in [0, 0.1) is 11.8 Å². The zero-order chi connectivity index (χ0) is 15.9. The number of likely N-dealkylation sites (tertiary alicyclic amines) is 2. The fraction of sp³-hybridized carbons (Fsp3) is 0.571. The number of fused-ring (bicyclic) bond motifs is 1. The summed E-state index contributed by atoms with van der Waals surface area (Å²) in [6.07, 6.45) is -4.18. The Balaban J connectivity index is 1.65. The van der Waals surface area contributed by atoms with E-state index in [1.165, 1.54) is 11.3 Å². The molecule has 0 radical (unpaired) electrons. The van der Waals surface area contributed by atoms with Crippen molar-refractivity contribution in [2.24, 2.45) is 11.8 Å². The average molecular weight is 332 g/mol. The molecule has 0 N–H and O–H groups in total. The molecule has 3 rings (SSSR count). The number of rotatable bonds is 1. The summed E-state index contributed by atoms with van der Waals surface area (Å²) in [5, 5.41) is 3.59. The number of nitrogens with zero attached hydrogens (tertiary/aromatic N) is 2. The van der Waals surface area contributed by atoms with Gasteiger partial charge < -0.3 is 9.80 Å². The van der Waals surface area contributed by atoms with Gasteiger partial charge >= 0.3 is 12.1 Å². The highest BCUT2D eigenvalue weighted by atomic mass is 32.1. The van der Waals surface area contributed by atoms with E-state index in [0.29, 0.717) is 25.1 Å². The van der Waals surface area contributed by atoms with Crippen LogP contribution in [0.5, 0.6) is 0 Å². The predicted molar refractivity (Wildman–Crippen MR) is 74.5 cm³/mol. The van der Waals surface area contributed by atoms with E-state index in [1.807, 2.05) is 5.38 Å². The van der Waals surface area contributed by atoms with Crippen LogP contribution < -0.4 is 0 Å². The van der Waals surface area contributed by atoms with Crippen molar-refractivity contribution in [3.63, 3.8) is 0 Å². The molecule has 2 aliphatic rings.